The minimum Gasteiger partial charge on any atom is -0.315 e. The van der Waals surface area contributed by atoms with Gasteiger partial charge in [0.1, 0.15) is 5.82 Å². The molecule has 28 heavy (non-hydrogen) atoms. The molecule has 3 aromatic rings. The minimum absolute atomic E-state index is 0.0498. The second-order valence-electron chi connectivity index (χ2n) is 7.38. The Hall–Kier alpha value is -3.07. The molecule has 2 atom stereocenters. The molecule has 0 radical (unpaired) electrons. The highest BCUT2D eigenvalue weighted by molar-refractivity contribution is 5.93. The van der Waals surface area contributed by atoms with Gasteiger partial charge in [-0.2, -0.15) is 14.9 Å². The third kappa shape index (κ3) is 3.53. The number of aryl methyl sites for hydroxylation is 1. The van der Waals surface area contributed by atoms with Gasteiger partial charge >= 0.3 is 0 Å². The van der Waals surface area contributed by atoms with E-state index < -0.39 is 0 Å². The summed E-state index contributed by atoms with van der Waals surface area (Å²) >= 11 is 0. The maximum atomic E-state index is 13.1. The molecule has 2 N–H and O–H groups in total. The SMILES string of the molecule is CC(C)c1cc(NC(=O)[C@H]2CNC[C@@H]2c2cnn(C)c2)n(-c2ncccn2)n1. The molecule has 1 aliphatic rings. The average molecular weight is 380 g/mol. The van der Waals surface area contributed by atoms with E-state index >= 15 is 0 Å². The molecule has 1 amide bonds. The van der Waals surface area contributed by atoms with E-state index in [2.05, 4.69) is 44.6 Å². The molecule has 1 fully saturated rings. The van der Waals surface area contributed by atoms with Gasteiger partial charge in [-0.3, -0.25) is 9.48 Å². The summed E-state index contributed by atoms with van der Waals surface area (Å²) in [4.78, 5) is 21.6. The number of carbonyl (C=O) groups is 1. The van der Waals surface area contributed by atoms with Crippen molar-refractivity contribution >= 4 is 11.7 Å². The highest BCUT2D eigenvalue weighted by atomic mass is 16.2. The third-order valence-corrected chi connectivity index (χ3v) is 5.02. The van der Waals surface area contributed by atoms with E-state index in [1.54, 1.807) is 27.8 Å². The van der Waals surface area contributed by atoms with E-state index in [1.165, 1.54) is 0 Å². The summed E-state index contributed by atoms with van der Waals surface area (Å²) < 4.78 is 3.36. The van der Waals surface area contributed by atoms with Gasteiger partial charge in [0.25, 0.3) is 5.95 Å². The Morgan fingerprint density at radius 3 is 2.75 bits per heavy atom. The van der Waals surface area contributed by atoms with Crippen LogP contribution in [-0.2, 0) is 11.8 Å². The third-order valence-electron chi connectivity index (χ3n) is 5.02. The van der Waals surface area contributed by atoms with Crippen LogP contribution in [0, 0.1) is 5.92 Å². The number of nitrogens with zero attached hydrogens (tertiary/aromatic N) is 6. The maximum absolute atomic E-state index is 13.1. The van der Waals surface area contributed by atoms with Crippen LogP contribution in [0.4, 0.5) is 5.82 Å². The van der Waals surface area contributed by atoms with E-state index in [4.69, 9.17) is 0 Å². The van der Waals surface area contributed by atoms with Crippen LogP contribution < -0.4 is 10.6 Å². The van der Waals surface area contributed by atoms with E-state index in [0.717, 1.165) is 17.8 Å². The summed E-state index contributed by atoms with van der Waals surface area (Å²) in [7, 11) is 1.88. The minimum atomic E-state index is -0.188. The molecule has 1 saturated heterocycles. The van der Waals surface area contributed by atoms with Gasteiger partial charge in [0.05, 0.1) is 17.8 Å². The van der Waals surface area contributed by atoms with Gasteiger partial charge in [-0.05, 0) is 17.5 Å². The van der Waals surface area contributed by atoms with Gasteiger partial charge in [0, 0.05) is 50.7 Å². The van der Waals surface area contributed by atoms with Crippen LogP contribution in [0.2, 0.25) is 0 Å². The highest BCUT2D eigenvalue weighted by Gasteiger charge is 2.35. The zero-order valence-electron chi connectivity index (χ0n) is 16.2. The molecule has 0 saturated carbocycles. The number of hydrogen-bond donors (Lipinski definition) is 2. The fourth-order valence-electron chi connectivity index (χ4n) is 3.48. The molecule has 4 rings (SSSR count). The number of aromatic nitrogens is 6. The van der Waals surface area contributed by atoms with Crippen LogP contribution in [0.3, 0.4) is 0 Å². The molecule has 3 aromatic heterocycles. The van der Waals surface area contributed by atoms with Crippen molar-refractivity contribution in [3.63, 3.8) is 0 Å². The molecule has 1 aliphatic heterocycles. The Kier molecular flexibility index (Phi) is 4.91. The predicted octanol–water partition coefficient (Wildman–Crippen LogP) is 1.46. The molecule has 0 aliphatic carbocycles. The van der Waals surface area contributed by atoms with Crippen molar-refractivity contribution in [3.05, 3.63) is 48.2 Å². The zero-order valence-corrected chi connectivity index (χ0v) is 16.2. The van der Waals surface area contributed by atoms with Gasteiger partial charge in [-0.1, -0.05) is 13.8 Å². The van der Waals surface area contributed by atoms with E-state index in [9.17, 15) is 4.79 Å². The van der Waals surface area contributed by atoms with Gasteiger partial charge in [-0.25, -0.2) is 9.97 Å². The van der Waals surface area contributed by atoms with Crippen molar-refractivity contribution in [2.24, 2.45) is 13.0 Å². The summed E-state index contributed by atoms with van der Waals surface area (Å²) in [6.45, 7) is 5.49. The fourth-order valence-corrected chi connectivity index (χ4v) is 3.48. The van der Waals surface area contributed by atoms with Crippen LogP contribution in [0.1, 0.15) is 36.9 Å². The molecule has 9 nitrogen and oxygen atoms in total. The van der Waals surface area contributed by atoms with Gasteiger partial charge < -0.3 is 10.6 Å². The standard InChI is InChI=1S/C19H24N8O/c1-12(2)16-7-17(27(25-16)19-21-5-4-6-22-19)24-18(28)15-10-20-9-14(15)13-8-23-26(3)11-13/h4-8,11-12,14-15,20H,9-10H2,1-3H3,(H,24,28)/t14-,15+/m1/s1. The molecular weight excluding hydrogens is 356 g/mol. The Bertz CT molecular complexity index is 961. The van der Waals surface area contributed by atoms with E-state index in [0.29, 0.717) is 18.3 Å². The Labute approximate surface area is 163 Å². The molecule has 0 bridgehead atoms. The lowest BCUT2D eigenvalue weighted by Gasteiger charge is -2.17. The lowest BCUT2D eigenvalue weighted by molar-refractivity contribution is -0.119. The monoisotopic (exact) mass is 380 g/mol. The molecule has 9 heteroatoms. The maximum Gasteiger partial charge on any atom is 0.252 e. The van der Waals surface area contributed by atoms with Gasteiger partial charge in [-0.15, -0.1) is 0 Å². The molecular formula is C19H24N8O. The van der Waals surface area contributed by atoms with Crippen molar-refractivity contribution in [2.75, 3.05) is 18.4 Å². The first-order valence-corrected chi connectivity index (χ1v) is 9.40. The lowest BCUT2D eigenvalue weighted by atomic mass is 9.90. The van der Waals surface area contributed by atoms with E-state index in [-0.39, 0.29) is 23.7 Å². The number of nitrogens with one attached hydrogen (secondary N) is 2. The van der Waals surface area contributed by atoms with Gasteiger partial charge in [0.15, 0.2) is 0 Å². The first-order valence-electron chi connectivity index (χ1n) is 9.40. The van der Waals surface area contributed by atoms with Crippen LogP contribution in [0.25, 0.3) is 5.95 Å². The Balaban J connectivity index is 1.60. The summed E-state index contributed by atoms with van der Waals surface area (Å²) in [5.74, 6) is 1.08. The van der Waals surface area contributed by atoms with Crippen LogP contribution in [0.5, 0.6) is 0 Å². The molecule has 4 heterocycles. The van der Waals surface area contributed by atoms with Crippen LogP contribution in [0.15, 0.2) is 36.9 Å². The van der Waals surface area contributed by atoms with Crippen LogP contribution in [-0.4, -0.2) is 48.5 Å². The topological polar surface area (TPSA) is 103 Å². The second kappa shape index (κ2) is 7.51. The molecule has 0 spiro atoms. The quantitative estimate of drug-likeness (QED) is 0.695. The number of hydrogen-bond acceptors (Lipinski definition) is 6. The summed E-state index contributed by atoms with van der Waals surface area (Å²) in [5.41, 5.74) is 1.94. The first-order chi connectivity index (χ1) is 13.5. The fraction of sp³-hybridized carbons (Fsp3) is 0.421. The number of anilines is 1. The summed E-state index contributed by atoms with van der Waals surface area (Å²) in [5, 5.41) is 15.2. The van der Waals surface area contributed by atoms with Crippen molar-refractivity contribution in [3.8, 4) is 5.95 Å². The molecule has 0 unspecified atom stereocenters. The first kappa shape index (κ1) is 18.3. The average Bonchev–Trinajstić information content (AvgIpc) is 3.41. The highest BCUT2D eigenvalue weighted by Crippen LogP contribution is 2.29. The van der Waals surface area contributed by atoms with Crippen LogP contribution >= 0.6 is 0 Å². The van der Waals surface area contributed by atoms with Gasteiger partial charge in [0.2, 0.25) is 5.91 Å². The Morgan fingerprint density at radius 1 is 1.29 bits per heavy atom. The summed E-state index contributed by atoms with van der Waals surface area (Å²) in [6.07, 6.45) is 7.11. The lowest BCUT2D eigenvalue weighted by Crippen LogP contribution is -2.29. The number of rotatable bonds is 5. The van der Waals surface area contributed by atoms with Crippen molar-refractivity contribution in [1.82, 2.24) is 34.8 Å². The van der Waals surface area contributed by atoms with Crippen molar-refractivity contribution < 1.29 is 4.79 Å². The zero-order chi connectivity index (χ0) is 19.7. The normalized spacial score (nSPS) is 19.3. The summed E-state index contributed by atoms with van der Waals surface area (Å²) in [6, 6.07) is 3.64. The molecule has 0 aromatic carbocycles. The van der Waals surface area contributed by atoms with Crippen molar-refractivity contribution in [1.29, 1.82) is 0 Å². The number of amides is 1. The van der Waals surface area contributed by atoms with Crippen molar-refractivity contribution in [2.45, 2.75) is 25.7 Å². The Morgan fingerprint density at radius 2 is 2.07 bits per heavy atom. The van der Waals surface area contributed by atoms with E-state index in [1.807, 2.05) is 25.5 Å². The predicted molar refractivity (Wildman–Crippen MR) is 104 cm³/mol. The molecule has 146 valence electrons. The second-order valence-corrected chi connectivity index (χ2v) is 7.38. The number of carbonyl (C=O) groups excluding carboxylic acids is 1. The smallest absolute Gasteiger partial charge is 0.252 e. The largest absolute Gasteiger partial charge is 0.315 e.